The fourth-order valence-corrected chi connectivity index (χ4v) is 2.86. The molecule has 1 fully saturated rings. The van der Waals surface area contributed by atoms with Crippen molar-refractivity contribution in [3.8, 4) is 0 Å². The Morgan fingerprint density at radius 2 is 1.95 bits per heavy atom. The van der Waals surface area contributed by atoms with Crippen LogP contribution in [0, 0.1) is 5.41 Å². The molecule has 0 aliphatic carbocycles. The molecule has 2 aromatic rings. The molecule has 0 saturated carbocycles. The van der Waals surface area contributed by atoms with Crippen molar-refractivity contribution in [2.45, 2.75) is 39.8 Å². The molecule has 2 N–H and O–H groups in total. The molecule has 4 nitrogen and oxygen atoms in total. The van der Waals surface area contributed by atoms with E-state index in [4.69, 9.17) is 5.73 Å². The van der Waals surface area contributed by atoms with E-state index in [9.17, 15) is 0 Å². The summed E-state index contributed by atoms with van der Waals surface area (Å²) in [6.45, 7) is 8.67. The third kappa shape index (κ3) is 2.86. The summed E-state index contributed by atoms with van der Waals surface area (Å²) in [5.41, 5.74) is 9.43. The van der Waals surface area contributed by atoms with Gasteiger partial charge in [0.15, 0.2) is 0 Å². The largest absolute Gasteiger partial charge is 0.325 e. The van der Waals surface area contributed by atoms with Crippen LogP contribution in [0.3, 0.4) is 0 Å². The lowest BCUT2D eigenvalue weighted by molar-refractivity contribution is 0.127. The van der Waals surface area contributed by atoms with Gasteiger partial charge >= 0.3 is 0 Å². The SMILES string of the molecule is CC1(C)CCN(Cc2ccc3nc(CN)cn3c2)CC1. The molecule has 4 heteroatoms. The Bertz CT molecular complexity index is 590. The van der Waals surface area contributed by atoms with E-state index < -0.39 is 0 Å². The first-order chi connectivity index (χ1) is 9.55. The summed E-state index contributed by atoms with van der Waals surface area (Å²) in [5, 5.41) is 0. The summed E-state index contributed by atoms with van der Waals surface area (Å²) in [4.78, 5) is 7.01. The van der Waals surface area contributed by atoms with Crippen LogP contribution >= 0.6 is 0 Å². The van der Waals surface area contributed by atoms with Gasteiger partial charge in [0.2, 0.25) is 0 Å². The molecule has 0 bridgehead atoms. The lowest BCUT2D eigenvalue weighted by Crippen LogP contribution is -2.36. The zero-order valence-electron chi connectivity index (χ0n) is 12.5. The van der Waals surface area contributed by atoms with Crippen LogP contribution < -0.4 is 5.73 Å². The van der Waals surface area contributed by atoms with E-state index >= 15 is 0 Å². The van der Waals surface area contributed by atoms with Gasteiger partial charge < -0.3 is 10.1 Å². The highest BCUT2D eigenvalue weighted by Crippen LogP contribution is 2.30. The summed E-state index contributed by atoms with van der Waals surface area (Å²) >= 11 is 0. The van der Waals surface area contributed by atoms with Gasteiger partial charge in [-0.1, -0.05) is 19.9 Å². The van der Waals surface area contributed by atoms with E-state index in [1.165, 1.54) is 31.5 Å². The van der Waals surface area contributed by atoms with Crippen molar-refractivity contribution in [2.24, 2.45) is 11.1 Å². The number of hydrogen-bond donors (Lipinski definition) is 1. The average Bonchev–Trinajstić information content (AvgIpc) is 2.83. The van der Waals surface area contributed by atoms with E-state index in [-0.39, 0.29) is 0 Å². The standard InChI is InChI=1S/C16H24N4/c1-16(2)5-7-19(8-6-16)10-13-3-4-15-18-14(9-17)12-20(15)11-13/h3-4,11-12H,5-10,17H2,1-2H3. The Morgan fingerprint density at radius 1 is 1.20 bits per heavy atom. The minimum atomic E-state index is 0.498. The number of nitrogens with two attached hydrogens (primary N) is 1. The van der Waals surface area contributed by atoms with Gasteiger partial charge in [-0.15, -0.1) is 0 Å². The lowest BCUT2D eigenvalue weighted by Gasteiger charge is -2.36. The third-order valence-electron chi connectivity index (χ3n) is 4.39. The molecule has 2 aromatic heterocycles. The van der Waals surface area contributed by atoms with Crippen LogP contribution in [0.2, 0.25) is 0 Å². The molecule has 0 spiro atoms. The van der Waals surface area contributed by atoms with Gasteiger partial charge in [-0.05, 0) is 43.0 Å². The van der Waals surface area contributed by atoms with Crippen molar-refractivity contribution in [3.63, 3.8) is 0 Å². The Hall–Kier alpha value is -1.39. The first kappa shape index (κ1) is 13.6. The highest BCUT2D eigenvalue weighted by atomic mass is 15.1. The maximum atomic E-state index is 5.64. The predicted octanol–water partition coefficient (Wildman–Crippen LogP) is 2.42. The van der Waals surface area contributed by atoms with Gasteiger partial charge in [0.05, 0.1) is 5.69 Å². The Morgan fingerprint density at radius 3 is 2.65 bits per heavy atom. The molecule has 0 unspecified atom stereocenters. The van der Waals surface area contributed by atoms with Crippen molar-refractivity contribution in [1.82, 2.24) is 14.3 Å². The second-order valence-electron chi connectivity index (χ2n) is 6.68. The maximum Gasteiger partial charge on any atom is 0.137 e. The quantitative estimate of drug-likeness (QED) is 0.933. The molecule has 20 heavy (non-hydrogen) atoms. The minimum absolute atomic E-state index is 0.498. The molecular weight excluding hydrogens is 248 g/mol. The van der Waals surface area contributed by atoms with Crippen LogP contribution in [-0.2, 0) is 13.1 Å². The van der Waals surface area contributed by atoms with Crippen molar-refractivity contribution in [3.05, 3.63) is 35.8 Å². The van der Waals surface area contributed by atoms with E-state index in [2.05, 4.69) is 46.5 Å². The molecule has 1 aliphatic heterocycles. The molecule has 0 atom stereocenters. The second kappa shape index (κ2) is 5.19. The summed E-state index contributed by atoms with van der Waals surface area (Å²) in [6.07, 6.45) is 6.79. The lowest BCUT2D eigenvalue weighted by atomic mass is 9.82. The van der Waals surface area contributed by atoms with E-state index in [0.717, 1.165) is 17.9 Å². The van der Waals surface area contributed by atoms with Gasteiger partial charge in [0.25, 0.3) is 0 Å². The number of imidazole rings is 1. The maximum absolute atomic E-state index is 5.64. The summed E-state index contributed by atoms with van der Waals surface area (Å²) in [6, 6.07) is 4.27. The van der Waals surface area contributed by atoms with Crippen LogP contribution in [0.4, 0.5) is 0 Å². The molecule has 0 aromatic carbocycles. The van der Waals surface area contributed by atoms with Crippen LogP contribution in [0.15, 0.2) is 24.5 Å². The van der Waals surface area contributed by atoms with Crippen molar-refractivity contribution < 1.29 is 0 Å². The van der Waals surface area contributed by atoms with E-state index in [1.807, 2.05) is 6.20 Å². The summed E-state index contributed by atoms with van der Waals surface area (Å²) in [7, 11) is 0. The van der Waals surface area contributed by atoms with Crippen LogP contribution in [-0.4, -0.2) is 27.4 Å². The minimum Gasteiger partial charge on any atom is -0.325 e. The predicted molar refractivity (Wildman–Crippen MR) is 81.4 cm³/mol. The molecule has 3 heterocycles. The fraction of sp³-hybridized carbons (Fsp3) is 0.562. The second-order valence-corrected chi connectivity index (χ2v) is 6.68. The van der Waals surface area contributed by atoms with Gasteiger partial charge in [-0.25, -0.2) is 4.98 Å². The molecule has 108 valence electrons. The number of fused-ring (bicyclic) bond motifs is 1. The number of rotatable bonds is 3. The monoisotopic (exact) mass is 272 g/mol. The highest BCUT2D eigenvalue weighted by molar-refractivity contribution is 5.41. The number of hydrogen-bond acceptors (Lipinski definition) is 3. The Balaban J connectivity index is 1.71. The van der Waals surface area contributed by atoms with Gasteiger partial charge in [-0.3, -0.25) is 4.90 Å². The number of nitrogens with zero attached hydrogens (tertiary/aromatic N) is 3. The third-order valence-corrected chi connectivity index (χ3v) is 4.39. The molecule has 0 amide bonds. The molecule has 1 saturated heterocycles. The van der Waals surface area contributed by atoms with Crippen molar-refractivity contribution in [2.75, 3.05) is 13.1 Å². The van der Waals surface area contributed by atoms with Gasteiger partial charge in [-0.2, -0.15) is 0 Å². The summed E-state index contributed by atoms with van der Waals surface area (Å²) < 4.78 is 2.09. The van der Waals surface area contributed by atoms with E-state index in [0.29, 0.717) is 12.0 Å². The van der Waals surface area contributed by atoms with Crippen LogP contribution in [0.1, 0.15) is 37.9 Å². The average molecular weight is 272 g/mol. The van der Waals surface area contributed by atoms with E-state index in [1.54, 1.807) is 0 Å². The van der Waals surface area contributed by atoms with Gasteiger partial charge in [0, 0.05) is 25.5 Å². The first-order valence-electron chi connectivity index (χ1n) is 7.45. The number of pyridine rings is 1. The van der Waals surface area contributed by atoms with Gasteiger partial charge in [0.1, 0.15) is 5.65 Å². The molecule has 0 radical (unpaired) electrons. The molecular formula is C16H24N4. The zero-order valence-corrected chi connectivity index (χ0v) is 12.5. The normalized spacial score (nSPS) is 19.6. The number of likely N-dealkylation sites (tertiary alicyclic amines) is 1. The Kier molecular flexibility index (Phi) is 3.52. The molecule has 3 rings (SSSR count). The molecule has 1 aliphatic rings. The van der Waals surface area contributed by atoms with Crippen molar-refractivity contribution in [1.29, 1.82) is 0 Å². The zero-order chi connectivity index (χ0) is 14.2. The first-order valence-corrected chi connectivity index (χ1v) is 7.45. The fourth-order valence-electron chi connectivity index (χ4n) is 2.86. The Labute approximate surface area is 120 Å². The summed E-state index contributed by atoms with van der Waals surface area (Å²) in [5.74, 6) is 0. The topological polar surface area (TPSA) is 46.6 Å². The van der Waals surface area contributed by atoms with Crippen molar-refractivity contribution >= 4 is 5.65 Å². The number of piperidine rings is 1. The van der Waals surface area contributed by atoms with Crippen LogP contribution in [0.25, 0.3) is 5.65 Å². The number of aromatic nitrogens is 2. The van der Waals surface area contributed by atoms with Crippen LogP contribution in [0.5, 0.6) is 0 Å². The smallest absolute Gasteiger partial charge is 0.137 e. The highest BCUT2D eigenvalue weighted by Gasteiger charge is 2.25.